The Labute approximate surface area is 129 Å². The van der Waals surface area contributed by atoms with Gasteiger partial charge in [-0.2, -0.15) is 0 Å². The van der Waals surface area contributed by atoms with Crippen molar-refractivity contribution in [3.05, 3.63) is 33.3 Å². The molecule has 1 aromatic carbocycles. The van der Waals surface area contributed by atoms with E-state index in [1.807, 2.05) is 0 Å². The maximum Gasteiger partial charge on any atom is 0.292 e. The van der Waals surface area contributed by atoms with Crippen LogP contribution >= 0.6 is 11.6 Å². The van der Waals surface area contributed by atoms with Crippen LogP contribution in [0.15, 0.2) is 18.2 Å². The molecule has 21 heavy (non-hydrogen) atoms. The number of nitro benzene ring substituents is 1. The van der Waals surface area contributed by atoms with Gasteiger partial charge in [0.15, 0.2) is 0 Å². The number of halogens is 1. The molecule has 2 aliphatic rings. The summed E-state index contributed by atoms with van der Waals surface area (Å²) < 4.78 is 0. The Bertz CT molecular complexity index is 540. The van der Waals surface area contributed by atoms with Crippen LogP contribution in [-0.2, 0) is 0 Å². The Morgan fingerprint density at radius 3 is 2.62 bits per heavy atom. The first-order valence-electron chi connectivity index (χ1n) is 7.55. The molecule has 2 bridgehead atoms. The van der Waals surface area contributed by atoms with E-state index in [9.17, 15) is 10.1 Å². The quantitative estimate of drug-likeness (QED) is 0.684. The fraction of sp³-hybridized carbons (Fsp3) is 0.600. The lowest BCUT2D eigenvalue weighted by molar-refractivity contribution is -0.384. The summed E-state index contributed by atoms with van der Waals surface area (Å²) in [5.74, 6) is 0. The highest BCUT2D eigenvalue weighted by atomic mass is 35.5. The van der Waals surface area contributed by atoms with Crippen molar-refractivity contribution in [3.63, 3.8) is 0 Å². The Balaban J connectivity index is 1.92. The lowest BCUT2D eigenvalue weighted by Gasteiger charge is -2.38. The Kier molecular flexibility index (Phi) is 4.04. The average Bonchev–Trinajstić information content (AvgIpc) is 2.78. The molecule has 0 aliphatic carbocycles. The number of rotatable bonds is 4. The van der Waals surface area contributed by atoms with E-state index in [1.54, 1.807) is 12.1 Å². The van der Waals surface area contributed by atoms with Gasteiger partial charge in [-0.3, -0.25) is 10.1 Å². The van der Waals surface area contributed by atoms with E-state index in [0.717, 1.165) is 19.4 Å². The van der Waals surface area contributed by atoms with Gasteiger partial charge in [0.05, 0.1) is 4.92 Å². The zero-order valence-corrected chi connectivity index (χ0v) is 12.8. The third-order valence-corrected chi connectivity index (χ3v) is 4.91. The zero-order valence-electron chi connectivity index (χ0n) is 12.1. The monoisotopic (exact) mass is 309 g/mol. The Hall–Kier alpha value is -1.33. The molecule has 0 radical (unpaired) electrons. The first-order chi connectivity index (χ1) is 10.1. The van der Waals surface area contributed by atoms with E-state index in [4.69, 9.17) is 11.6 Å². The molecular formula is C15H20ClN3O2. The van der Waals surface area contributed by atoms with Crippen LogP contribution in [0.4, 0.5) is 11.4 Å². The molecule has 2 aliphatic heterocycles. The van der Waals surface area contributed by atoms with Gasteiger partial charge in [0, 0.05) is 35.8 Å². The Morgan fingerprint density at radius 1 is 1.38 bits per heavy atom. The summed E-state index contributed by atoms with van der Waals surface area (Å²) in [5, 5.41) is 15.5. The second-order valence-electron chi connectivity index (χ2n) is 5.94. The lowest BCUT2D eigenvalue weighted by atomic mass is 9.97. The standard InChI is InChI=1S/C15H20ClN3O2/c1-2-18(13-8-11-4-5-12(9-13)17-11)15-7-10(16)3-6-14(15)19(20)21/h3,6-7,11-13,17H,2,4-5,8-9H2,1H3. The molecule has 5 nitrogen and oxygen atoms in total. The van der Waals surface area contributed by atoms with Gasteiger partial charge in [-0.1, -0.05) is 11.6 Å². The number of hydrogen-bond acceptors (Lipinski definition) is 4. The van der Waals surface area contributed by atoms with E-state index >= 15 is 0 Å². The van der Waals surface area contributed by atoms with E-state index in [1.165, 1.54) is 18.9 Å². The minimum Gasteiger partial charge on any atom is -0.363 e. The topological polar surface area (TPSA) is 58.4 Å². The van der Waals surface area contributed by atoms with Crippen LogP contribution in [0, 0.1) is 10.1 Å². The smallest absolute Gasteiger partial charge is 0.292 e. The third-order valence-electron chi connectivity index (χ3n) is 4.67. The molecule has 2 saturated heterocycles. The number of fused-ring (bicyclic) bond motifs is 2. The van der Waals surface area contributed by atoms with E-state index in [-0.39, 0.29) is 10.6 Å². The predicted octanol–water partition coefficient (Wildman–Crippen LogP) is 3.36. The Morgan fingerprint density at radius 2 is 2.05 bits per heavy atom. The first kappa shape index (κ1) is 14.6. The summed E-state index contributed by atoms with van der Waals surface area (Å²) >= 11 is 6.07. The maximum atomic E-state index is 11.3. The molecule has 0 spiro atoms. The molecule has 114 valence electrons. The number of anilines is 1. The summed E-state index contributed by atoms with van der Waals surface area (Å²) in [6.07, 6.45) is 4.54. The molecule has 0 saturated carbocycles. The fourth-order valence-corrected chi connectivity index (χ4v) is 3.95. The highest BCUT2D eigenvalue weighted by molar-refractivity contribution is 6.31. The van der Waals surface area contributed by atoms with Crippen molar-refractivity contribution in [3.8, 4) is 0 Å². The van der Waals surface area contributed by atoms with Crippen LogP contribution < -0.4 is 10.2 Å². The first-order valence-corrected chi connectivity index (χ1v) is 7.93. The highest BCUT2D eigenvalue weighted by Gasteiger charge is 2.37. The van der Waals surface area contributed by atoms with Crippen LogP contribution in [0.25, 0.3) is 0 Å². The number of hydrogen-bond donors (Lipinski definition) is 1. The summed E-state index contributed by atoms with van der Waals surface area (Å²) in [4.78, 5) is 13.1. The number of piperidine rings is 1. The third kappa shape index (κ3) is 2.85. The van der Waals surface area contributed by atoms with Gasteiger partial charge < -0.3 is 10.2 Å². The van der Waals surface area contributed by atoms with Crippen molar-refractivity contribution < 1.29 is 4.92 Å². The van der Waals surface area contributed by atoms with Gasteiger partial charge in [0.2, 0.25) is 0 Å². The molecular weight excluding hydrogens is 290 g/mol. The molecule has 0 amide bonds. The van der Waals surface area contributed by atoms with Crippen molar-refractivity contribution >= 4 is 23.0 Å². The van der Waals surface area contributed by atoms with Crippen molar-refractivity contribution in [2.45, 2.75) is 50.7 Å². The predicted molar refractivity (Wildman–Crippen MR) is 84.1 cm³/mol. The number of benzene rings is 1. The largest absolute Gasteiger partial charge is 0.363 e. The molecule has 2 atom stereocenters. The van der Waals surface area contributed by atoms with Crippen LogP contribution in [0.1, 0.15) is 32.6 Å². The van der Waals surface area contributed by atoms with E-state index < -0.39 is 0 Å². The molecule has 2 fully saturated rings. The maximum absolute atomic E-state index is 11.3. The van der Waals surface area contributed by atoms with Crippen LogP contribution in [0.3, 0.4) is 0 Å². The van der Waals surface area contributed by atoms with Gasteiger partial charge >= 0.3 is 0 Å². The normalized spacial score (nSPS) is 27.6. The fourth-order valence-electron chi connectivity index (χ4n) is 3.79. The van der Waals surface area contributed by atoms with E-state index in [2.05, 4.69) is 17.1 Å². The van der Waals surface area contributed by atoms with Gasteiger partial charge in [0.25, 0.3) is 5.69 Å². The number of nitrogens with zero attached hydrogens (tertiary/aromatic N) is 2. The SMILES string of the molecule is CCN(c1cc(Cl)ccc1[N+](=O)[O-])C1CC2CCC(C1)N2. The molecule has 3 rings (SSSR count). The minimum atomic E-state index is -0.315. The summed E-state index contributed by atoms with van der Waals surface area (Å²) in [6.45, 7) is 2.81. The molecule has 6 heteroatoms. The van der Waals surface area contributed by atoms with Gasteiger partial charge in [-0.15, -0.1) is 0 Å². The van der Waals surface area contributed by atoms with E-state index in [0.29, 0.717) is 28.8 Å². The highest BCUT2D eigenvalue weighted by Crippen LogP contribution is 2.37. The van der Waals surface area contributed by atoms with Crippen LogP contribution in [0.2, 0.25) is 5.02 Å². The van der Waals surface area contributed by atoms with Gasteiger partial charge in [-0.05, 0) is 44.7 Å². The van der Waals surface area contributed by atoms with Crippen molar-refractivity contribution in [2.24, 2.45) is 0 Å². The summed E-state index contributed by atoms with van der Waals surface area (Å²) in [7, 11) is 0. The van der Waals surface area contributed by atoms with Gasteiger partial charge in [0.1, 0.15) is 5.69 Å². The molecule has 2 unspecified atom stereocenters. The number of nitro groups is 1. The second kappa shape index (κ2) is 5.81. The second-order valence-corrected chi connectivity index (χ2v) is 6.38. The average molecular weight is 310 g/mol. The minimum absolute atomic E-state index is 0.145. The number of nitrogens with one attached hydrogen (secondary N) is 1. The van der Waals surface area contributed by atoms with Gasteiger partial charge in [-0.25, -0.2) is 0 Å². The molecule has 0 aromatic heterocycles. The molecule has 1 N–H and O–H groups in total. The zero-order chi connectivity index (χ0) is 15.0. The van der Waals surface area contributed by atoms with Crippen molar-refractivity contribution in [2.75, 3.05) is 11.4 Å². The summed E-state index contributed by atoms with van der Waals surface area (Å²) in [5.41, 5.74) is 0.799. The molecule has 1 aromatic rings. The van der Waals surface area contributed by atoms with Crippen molar-refractivity contribution in [1.29, 1.82) is 0 Å². The van der Waals surface area contributed by atoms with Crippen molar-refractivity contribution in [1.82, 2.24) is 5.32 Å². The summed E-state index contributed by atoms with van der Waals surface area (Å²) in [6, 6.07) is 6.29. The molecule has 2 heterocycles. The van der Waals surface area contributed by atoms with Crippen LogP contribution in [0.5, 0.6) is 0 Å². The van der Waals surface area contributed by atoms with Crippen LogP contribution in [-0.4, -0.2) is 29.6 Å². The lowest BCUT2D eigenvalue weighted by Crippen LogP contribution is -2.48.